The Balaban J connectivity index is 1.79. The number of rotatable bonds is 5. The predicted molar refractivity (Wildman–Crippen MR) is 73.9 cm³/mol. The number of carbonyl (C=O) groups is 1. The molecule has 1 aromatic rings. The summed E-state index contributed by atoms with van der Waals surface area (Å²) >= 11 is 0. The molecule has 0 amide bonds. The van der Waals surface area contributed by atoms with Crippen molar-refractivity contribution in [3.05, 3.63) is 42.0 Å². The Morgan fingerprint density at radius 3 is 2.95 bits per heavy atom. The molecule has 1 aromatic carbocycles. The highest BCUT2D eigenvalue weighted by molar-refractivity contribution is 5.67. The van der Waals surface area contributed by atoms with Crippen molar-refractivity contribution >= 4 is 12.0 Å². The number of nitrogens with zero attached hydrogens (tertiary/aromatic N) is 1. The van der Waals surface area contributed by atoms with Gasteiger partial charge < -0.3 is 9.84 Å². The topological polar surface area (TPSA) is 49.8 Å². The number of carboxylic acids is 1. The van der Waals surface area contributed by atoms with Crippen molar-refractivity contribution in [2.45, 2.75) is 12.5 Å². The molecule has 1 N–H and O–H groups in total. The van der Waals surface area contributed by atoms with Crippen molar-refractivity contribution in [2.75, 3.05) is 26.2 Å². The predicted octanol–water partition coefficient (Wildman–Crippen LogP) is 1.88. The van der Waals surface area contributed by atoms with Gasteiger partial charge in [-0.25, -0.2) is 0 Å². The van der Waals surface area contributed by atoms with E-state index in [-0.39, 0.29) is 12.5 Å². The fourth-order valence-corrected chi connectivity index (χ4v) is 2.17. The highest BCUT2D eigenvalue weighted by atomic mass is 16.5. The van der Waals surface area contributed by atoms with Crippen molar-refractivity contribution in [1.29, 1.82) is 0 Å². The van der Waals surface area contributed by atoms with Gasteiger partial charge in [-0.3, -0.25) is 9.69 Å². The smallest absolute Gasteiger partial charge is 0.306 e. The van der Waals surface area contributed by atoms with E-state index in [0.717, 1.165) is 13.1 Å². The second kappa shape index (κ2) is 7.07. The second-order valence-corrected chi connectivity index (χ2v) is 4.66. The number of benzene rings is 1. The van der Waals surface area contributed by atoms with Crippen molar-refractivity contribution < 1.29 is 14.6 Å². The summed E-state index contributed by atoms with van der Waals surface area (Å²) in [5.41, 5.74) is 1.18. The molecule has 0 aromatic heterocycles. The van der Waals surface area contributed by atoms with Crippen LogP contribution in [-0.4, -0.2) is 48.3 Å². The first-order valence-corrected chi connectivity index (χ1v) is 6.51. The van der Waals surface area contributed by atoms with Crippen LogP contribution in [0.4, 0.5) is 0 Å². The fourth-order valence-electron chi connectivity index (χ4n) is 2.17. The minimum atomic E-state index is -0.799. The first-order chi connectivity index (χ1) is 9.24. The largest absolute Gasteiger partial charge is 0.481 e. The van der Waals surface area contributed by atoms with E-state index < -0.39 is 5.97 Å². The van der Waals surface area contributed by atoms with E-state index in [1.165, 1.54) is 5.56 Å². The summed E-state index contributed by atoms with van der Waals surface area (Å²) in [6.07, 6.45) is 4.09. The van der Waals surface area contributed by atoms with E-state index in [1.54, 1.807) is 0 Å². The van der Waals surface area contributed by atoms with Gasteiger partial charge in [-0.2, -0.15) is 0 Å². The van der Waals surface area contributed by atoms with Crippen LogP contribution in [-0.2, 0) is 9.53 Å². The van der Waals surface area contributed by atoms with Gasteiger partial charge in [0, 0.05) is 19.6 Å². The normalized spacial score (nSPS) is 20.7. The third-order valence-corrected chi connectivity index (χ3v) is 3.10. The molecular weight excluding hydrogens is 242 g/mol. The number of hydrogen-bond donors (Lipinski definition) is 1. The van der Waals surface area contributed by atoms with Crippen LogP contribution in [0.15, 0.2) is 36.4 Å². The average Bonchev–Trinajstić information content (AvgIpc) is 2.40. The van der Waals surface area contributed by atoms with Crippen LogP contribution < -0.4 is 0 Å². The van der Waals surface area contributed by atoms with Gasteiger partial charge in [0.05, 0.1) is 19.1 Å². The van der Waals surface area contributed by atoms with Crippen LogP contribution >= 0.6 is 0 Å². The molecule has 4 nitrogen and oxygen atoms in total. The van der Waals surface area contributed by atoms with Crippen molar-refractivity contribution in [3.8, 4) is 0 Å². The summed E-state index contributed by atoms with van der Waals surface area (Å²) < 4.78 is 5.44. The lowest BCUT2D eigenvalue weighted by atomic mass is 10.2. The monoisotopic (exact) mass is 261 g/mol. The quantitative estimate of drug-likeness (QED) is 0.879. The lowest BCUT2D eigenvalue weighted by Gasteiger charge is -2.31. The summed E-state index contributed by atoms with van der Waals surface area (Å²) in [4.78, 5) is 12.9. The third kappa shape index (κ3) is 4.85. The first-order valence-electron chi connectivity index (χ1n) is 6.51. The SMILES string of the molecule is O=C(O)CC1CN(CC=Cc2ccccc2)CCO1. The molecule has 19 heavy (non-hydrogen) atoms. The molecule has 0 aliphatic carbocycles. The van der Waals surface area contributed by atoms with E-state index in [4.69, 9.17) is 9.84 Å². The van der Waals surface area contributed by atoms with Crippen LogP contribution in [0.25, 0.3) is 6.08 Å². The van der Waals surface area contributed by atoms with Crippen molar-refractivity contribution in [2.24, 2.45) is 0 Å². The zero-order chi connectivity index (χ0) is 13.5. The van der Waals surface area contributed by atoms with E-state index in [1.807, 2.05) is 18.2 Å². The molecule has 0 radical (unpaired) electrons. The summed E-state index contributed by atoms with van der Waals surface area (Å²) in [5, 5.41) is 8.76. The summed E-state index contributed by atoms with van der Waals surface area (Å²) in [5.74, 6) is -0.799. The molecule has 1 atom stereocenters. The molecule has 1 aliphatic rings. The van der Waals surface area contributed by atoms with Gasteiger partial charge in [-0.15, -0.1) is 0 Å². The van der Waals surface area contributed by atoms with Crippen LogP contribution in [0.2, 0.25) is 0 Å². The zero-order valence-electron chi connectivity index (χ0n) is 10.9. The van der Waals surface area contributed by atoms with E-state index in [9.17, 15) is 4.79 Å². The van der Waals surface area contributed by atoms with Gasteiger partial charge in [0.1, 0.15) is 0 Å². The summed E-state index contributed by atoms with van der Waals surface area (Å²) in [6, 6.07) is 10.1. The van der Waals surface area contributed by atoms with Crippen LogP contribution in [0.3, 0.4) is 0 Å². The maximum absolute atomic E-state index is 10.7. The number of morpholine rings is 1. The fraction of sp³-hybridized carbons (Fsp3) is 0.400. The third-order valence-electron chi connectivity index (χ3n) is 3.10. The summed E-state index contributed by atoms with van der Waals surface area (Å²) in [6.45, 7) is 2.98. The molecule has 0 spiro atoms. The Labute approximate surface area is 113 Å². The lowest BCUT2D eigenvalue weighted by Crippen LogP contribution is -2.43. The van der Waals surface area contributed by atoms with Gasteiger partial charge >= 0.3 is 5.97 Å². The van der Waals surface area contributed by atoms with Crippen LogP contribution in [0.5, 0.6) is 0 Å². The van der Waals surface area contributed by atoms with Gasteiger partial charge in [0.2, 0.25) is 0 Å². The number of aliphatic carboxylic acids is 1. The van der Waals surface area contributed by atoms with Gasteiger partial charge in [0.15, 0.2) is 0 Å². The van der Waals surface area contributed by atoms with Crippen molar-refractivity contribution in [1.82, 2.24) is 4.90 Å². The standard InChI is InChI=1S/C15H19NO3/c17-15(18)11-14-12-16(9-10-19-14)8-4-7-13-5-2-1-3-6-13/h1-7,14H,8-12H2,(H,17,18). The molecule has 1 saturated heterocycles. The Bertz CT molecular complexity index is 430. The molecule has 2 rings (SSSR count). The first kappa shape index (κ1) is 13.8. The van der Waals surface area contributed by atoms with E-state index in [2.05, 4.69) is 29.2 Å². The number of hydrogen-bond acceptors (Lipinski definition) is 3. The Morgan fingerprint density at radius 1 is 1.42 bits per heavy atom. The van der Waals surface area contributed by atoms with E-state index >= 15 is 0 Å². The Morgan fingerprint density at radius 2 is 2.21 bits per heavy atom. The second-order valence-electron chi connectivity index (χ2n) is 4.66. The van der Waals surface area contributed by atoms with Crippen molar-refractivity contribution in [3.63, 3.8) is 0 Å². The van der Waals surface area contributed by atoms with Crippen LogP contribution in [0, 0.1) is 0 Å². The molecule has 0 bridgehead atoms. The number of carboxylic acid groups (broad SMARTS) is 1. The molecule has 1 aliphatic heterocycles. The van der Waals surface area contributed by atoms with Crippen LogP contribution in [0.1, 0.15) is 12.0 Å². The Hall–Kier alpha value is -1.65. The maximum Gasteiger partial charge on any atom is 0.306 e. The highest BCUT2D eigenvalue weighted by Gasteiger charge is 2.21. The molecule has 102 valence electrons. The van der Waals surface area contributed by atoms with E-state index in [0.29, 0.717) is 13.2 Å². The average molecular weight is 261 g/mol. The minimum absolute atomic E-state index is 0.0822. The molecule has 1 unspecified atom stereocenters. The molecular formula is C15H19NO3. The molecule has 0 saturated carbocycles. The molecule has 1 fully saturated rings. The van der Waals surface area contributed by atoms with Gasteiger partial charge in [-0.05, 0) is 5.56 Å². The lowest BCUT2D eigenvalue weighted by molar-refractivity contribution is -0.142. The van der Waals surface area contributed by atoms with Gasteiger partial charge in [0.25, 0.3) is 0 Å². The summed E-state index contributed by atoms with van der Waals surface area (Å²) in [7, 11) is 0. The molecule has 1 heterocycles. The number of ether oxygens (including phenoxy) is 1. The Kier molecular flexibility index (Phi) is 5.12. The highest BCUT2D eigenvalue weighted by Crippen LogP contribution is 2.09. The zero-order valence-corrected chi connectivity index (χ0v) is 10.9. The molecule has 4 heteroatoms. The maximum atomic E-state index is 10.7. The minimum Gasteiger partial charge on any atom is -0.481 e. The van der Waals surface area contributed by atoms with Gasteiger partial charge in [-0.1, -0.05) is 42.5 Å².